The Morgan fingerprint density at radius 1 is 1.00 bits per heavy atom. The smallest absolute Gasteiger partial charge is 0.181 e. The maximum atomic E-state index is 5.37. The van der Waals surface area contributed by atoms with Crippen LogP contribution in [0.2, 0.25) is 0 Å². The van der Waals surface area contributed by atoms with Crippen molar-refractivity contribution in [1.82, 2.24) is 19.9 Å². The highest BCUT2D eigenvalue weighted by Gasteiger charge is 2.12. The standard InChI is InChI=1S/C19H13N5OS/c1-11-13(3-2-6-20-11)17-8-15-18(26-17)19(22-9-21-15)24-12-4-5-14-16(7-12)25-10-23-14/h2-10H,1H3,(H,21,22,24). The Balaban J connectivity index is 1.58. The molecule has 0 radical (unpaired) electrons. The lowest BCUT2D eigenvalue weighted by atomic mass is 10.2. The highest BCUT2D eigenvalue weighted by atomic mass is 32.1. The van der Waals surface area contributed by atoms with Crippen LogP contribution in [0, 0.1) is 6.92 Å². The molecule has 4 aromatic heterocycles. The second-order valence-electron chi connectivity index (χ2n) is 5.84. The SMILES string of the molecule is Cc1ncccc1-c1cc2ncnc(Nc3ccc4ncoc4c3)c2s1. The van der Waals surface area contributed by atoms with E-state index in [2.05, 4.69) is 37.4 Å². The normalized spacial score (nSPS) is 11.3. The molecule has 5 rings (SSSR count). The van der Waals surface area contributed by atoms with Crippen molar-refractivity contribution in [3.05, 3.63) is 61.0 Å². The number of oxazole rings is 1. The number of rotatable bonds is 3. The molecule has 0 aliphatic heterocycles. The molecule has 0 aliphatic rings. The Morgan fingerprint density at radius 3 is 2.88 bits per heavy atom. The van der Waals surface area contributed by atoms with Crippen LogP contribution in [-0.2, 0) is 0 Å². The minimum atomic E-state index is 0.734. The summed E-state index contributed by atoms with van der Waals surface area (Å²) in [6.45, 7) is 2.01. The van der Waals surface area contributed by atoms with Gasteiger partial charge in [0.2, 0.25) is 0 Å². The fourth-order valence-electron chi connectivity index (χ4n) is 2.89. The highest BCUT2D eigenvalue weighted by molar-refractivity contribution is 7.22. The number of benzene rings is 1. The Hall–Kier alpha value is -3.32. The number of thiophene rings is 1. The van der Waals surface area contributed by atoms with E-state index in [-0.39, 0.29) is 0 Å². The van der Waals surface area contributed by atoms with Gasteiger partial charge in [-0.1, -0.05) is 6.07 Å². The third-order valence-electron chi connectivity index (χ3n) is 4.18. The molecule has 0 amide bonds. The number of aryl methyl sites for hydroxylation is 1. The zero-order valence-electron chi connectivity index (χ0n) is 13.8. The van der Waals surface area contributed by atoms with Crippen molar-refractivity contribution in [3.63, 3.8) is 0 Å². The summed E-state index contributed by atoms with van der Waals surface area (Å²) in [5, 5.41) is 3.36. The molecule has 0 bridgehead atoms. The molecule has 1 N–H and O–H groups in total. The van der Waals surface area contributed by atoms with E-state index in [9.17, 15) is 0 Å². The van der Waals surface area contributed by atoms with Gasteiger partial charge in [0.15, 0.2) is 17.8 Å². The summed E-state index contributed by atoms with van der Waals surface area (Å²) < 4.78 is 6.37. The van der Waals surface area contributed by atoms with E-state index in [1.54, 1.807) is 23.9 Å². The van der Waals surface area contributed by atoms with E-state index in [1.165, 1.54) is 6.39 Å². The molecule has 0 unspecified atom stereocenters. The Morgan fingerprint density at radius 2 is 1.96 bits per heavy atom. The lowest BCUT2D eigenvalue weighted by Gasteiger charge is -2.05. The van der Waals surface area contributed by atoms with Crippen molar-refractivity contribution in [2.24, 2.45) is 0 Å². The monoisotopic (exact) mass is 359 g/mol. The van der Waals surface area contributed by atoms with Crippen LogP contribution in [-0.4, -0.2) is 19.9 Å². The molecule has 0 aliphatic carbocycles. The van der Waals surface area contributed by atoms with Gasteiger partial charge in [-0.15, -0.1) is 11.3 Å². The first-order chi connectivity index (χ1) is 12.8. The van der Waals surface area contributed by atoms with Crippen molar-refractivity contribution in [2.45, 2.75) is 6.92 Å². The first-order valence-corrected chi connectivity index (χ1v) is 8.86. The maximum absolute atomic E-state index is 5.37. The summed E-state index contributed by atoms with van der Waals surface area (Å²) in [6, 6.07) is 11.9. The van der Waals surface area contributed by atoms with E-state index < -0.39 is 0 Å². The van der Waals surface area contributed by atoms with Crippen LogP contribution in [0.3, 0.4) is 0 Å². The minimum Gasteiger partial charge on any atom is -0.443 e. The molecule has 0 spiro atoms. The lowest BCUT2D eigenvalue weighted by molar-refractivity contribution is 0.602. The lowest BCUT2D eigenvalue weighted by Crippen LogP contribution is -1.94. The van der Waals surface area contributed by atoms with Crippen molar-refractivity contribution in [3.8, 4) is 10.4 Å². The number of anilines is 2. The number of pyridine rings is 1. The third kappa shape index (κ3) is 2.49. The van der Waals surface area contributed by atoms with Crippen LogP contribution >= 0.6 is 11.3 Å². The van der Waals surface area contributed by atoms with Crippen LogP contribution in [0.15, 0.2) is 59.7 Å². The van der Waals surface area contributed by atoms with Gasteiger partial charge >= 0.3 is 0 Å². The summed E-state index contributed by atoms with van der Waals surface area (Å²) >= 11 is 1.65. The zero-order valence-corrected chi connectivity index (χ0v) is 14.6. The average Bonchev–Trinajstić information content (AvgIpc) is 3.28. The average molecular weight is 359 g/mol. The summed E-state index contributed by atoms with van der Waals surface area (Å²) in [5.41, 5.74) is 5.47. The predicted octanol–water partition coefficient (Wildman–Crippen LogP) is 4.95. The van der Waals surface area contributed by atoms with Crippen LogP contribution in [0.25, 0.3) is 31.8 Å². The first-order valence-electron chi connectivity index (χ1n) is 8.05. The van der Waals surface area contributed by atoms with E-state index in [1.807, 2.05) is 31.2 Å². The van der Waals surface area contributed by atoms with E-state index in [0.29, 0.717) is 0 Å². The Labute approximate surface area is 152 Å². The third-order valence-corrected chi connectivity index (χ3v) is 5.34. The summed E-state index contributed by atoms with van der Waals surface area (Å²) in [5.74, 6) is 0.770. The van der Waals surface area contributed by atoms with Gasteiger partial charge < -0.3 is 9.73 Å². The second kappa shape index (κ2) is 5.89. The highest BCUT2D eigenvalue weighted by Crippen LogP contribution is 2.37. The van der Waals surface area contributed by atoms with Gasteiger partial charge in [-0.05, 0) is 31.2 Å². The van der Waals surface area contributed by atoms with Crippen LogP contribution in [0.4, 0.5) is 11.5 Å². The molecule has 6 nitrogen and oxygen atoms in total. The molecule has 0 atom stereocenters. The summed E-state index contributed by atoms with van der Waals surface area (Å²) in [6.07, 6.45) is 4.82. The van der Waals surface area contributed by atoms with Crippen LogP contribution in [0.5, 0.6) is 0 Å². The first kappa shape index (κ1) is 15.0. The Kier molecular flexibility index (Phi) is 3.39. The molecule has 0 saturated heterocycles. The molecule has 1 aromatic carbocycles. The largest absolute Gasteiger partial charge is 0.443 e. The van der Waals surface area contributed by atoms with Gasteiger partial charge in [-0.2, -0.15) is 0 Å². The molecular formula is C19H13N5OS. The number of nitrogens with one attached hydrogen (secondary N) is 1. The number of nitrogens with zero attached hydrogens (tertiary/aromatic N) is 4. The van der Waals surface area contributed by atoms with Crippen molar-refractivity contribution in [1.29, 1.82) is 0 Å². The van der Waals surface area contributed by atoms with Gasteiger partial charge in [0.05, 0.1) is 10.2 Å². The van der Waals surface area contributed by atoms with Crippen molar-refractivity contribution >= 4 is 44.2 Å². The molecular weight excluding hydrogens is 346 g/mol. The molecule has 26 heavy (non-hydrogen) atoms. The van der Waals surface area contributed by atoms with E-state index in [0.717, 1.165) is 49.0 Å². The maximum Gasteiger partial charge on any atom is 0.181 e. The fourth-order valence-corrected chi connectivity index (χ4v) is 4.02. The quantitative estimate of drug-likeness (QED) is 0.491. The number of aromatic nitrogens is 4. The van der Waals surface area contributed by atoms with Gasteiger partial charge in [0.25, 0.3) is 0 Å². The summed E-state index contributed by atoms with van der Waals surface area (Å²) in [4.78, 5) is 18.5. The Bertz CT molecular complexity index is 1240. The molecule has 4 heterocycles. The van der Waals surface area contributed by atoms with Gasteiger partial charge in [-0.3, -0.25) is 4.98 Å². The number of hydrogen-bond acceptors (Lipinski definition) is 7. The molecule has 7 heteroatoms. The van der Waals surface area contributed by atoms with E-state index in [4.69, 9.17) is 4.42 Å². The second-order valence-corrected chi connectivity index (χ2v) is 6.90. The van der Waals surface area contributed by atoms with E-state index >= 15 is 0 Å². The van der Waals surface area contributed by atoms with Crippen molar-refractivity contribution in [2.75, 3.05) is 5.32 Å². The van der Waals surface area contributed by atoms with Gasteiger partial charge in [-0.25, -0.2) is 15.0 Å². The molecule has 0 saturated carbocycles. The van der Waals surface area contributed by atoms with Crippen LogP contribution in [0.1, 0.15) is 5.69 Å². The molecule has 126 valence electrons. The van der Waals surface area contributed by atoms with Crippen molar-refractivity contribution < 1.29 is 4.42 Å². The predicted molar refractivity (Wildman–Crippen MR) is 103 cm³/mol. The number of fused-ring (bicyclic) bond motifs is 2. The van der Waals surface area contributed by atoms with Gasteiger partial charge in [0.1, 0.15) is 11.8 Å². The molecule has 0 fully saturated rings. The molecule has 5 aromatic rings. The minimum absolute atomic E-state index is 0.734. The fraction of sp³-hybridized carbons (Fsp3) is 0.0526. The summed E-state index contributed by atoms with van der Waals surface area (Å²) in [7, 11) is 0. The van der Waals surface area contributed by atoms with Gasteiger partial charge in [0, 0.05) is 34.1 Å². The van der Waals surface area contributed by atoms with Crippen LogP contribution < -0.4 is 5.32 Å². The topological polar surface area (TPSA) is 76.7 Å². The zero-order chi connectivity index (χ0) is 17.5. The number of hydrogen-bond donors (Lipinski definition) is 1.